The molecule has 2 heterocycles. The maximum atomic E-state index is 12.0. The molecule has 0 bridgehead atoms. The van der Waals surface area contributed by atoms with Gasteiger partial charge in [-0.05, 0) is 35.5 Å². The Morgan fingerprint density at radius 2 is 1.87 bits per heavy atom. The fourth-order valence-corrected chi connectivity index (χ4v) is 5.92. The van der Waals surface area contributed by atoms with E-state index in [4.69, 9.17) is 17.3 Å². The SMILES string of the molecule is CC(C)CN(Cn1nc(-c2ccc(C(C)(C)C)cc2)n(C)c1=S)C1CCS(=O)(=O)C1. The Morgan fingerprint density at radius 3 is 2.37 bits per heavy atom. The summed E-state index contributed by atoms with van der Waals surface area (Å²) < 4.78 is 28.4. The van der Waals surface area contributed by atoms with Crippen molar-refractivity contribution in [2.24, 2.45) is 13.0 Å². The van der Waals surface area contributed by atoms with E-state index < -0.39 is 9.84 Å². The first kappa shape index (κ1) is 23.2. The first-order chi connectivity index (χ1) is 13.9. The predicted octanol–water partition coefficient (Wildman–Crippen LogP) is 4.02. The Bertz CT molecular complexity index is 1040. The van der Waals surface area contributed by atoms with Gasteiger partial charge in [-0.1, -0.05) is 58.9 Å². The van der Waals surface area contributed by atoms with Crippen LogP contribution in [0.3, 0.4) is 0 Å². The Labute approximate surface area is 185 Å². The average molecular weight is 451 g/mol. The lowest BCUT2D eigenvalue weighted by Gasteiger charge is -2.29. The third kappa shape index (κ3) is 5.21. The molecule has 30 heavy (non-hydrogen) atoms. The minimum absolute atomic E-state index is 0.0239. The number of hydrogen-bond acceptors (Lipinski definition) is 5. The topological polar surface area (TPSA) is 60.1 Å². The lowest BCUT2D eigenvalue weighted by Crippen LogP contribution is -2.40. The van der Waals surface area contributed by atoms with Gasteiger partial charge in [0.2, 0.25) is 0 Å². The molecule has 1 unspecified atom stereocenters. The van der Waals surface area contributed by atoms with Gasteiger partial charge in [0.05, 0.1) is 18.2 Å². The van der Waals surface area contributed by atoms with Crippen LogP contribution in [0, 0.1) is 10.7 Å². The maximum Gasteiger partial charge on any atom is 0.199 e. The van der Waals surface area contributed by atoms with Gasteiger partial charge >= 0.3 is 0 Å². The zero-order valence-corrected chi connectivity index (χ0v) is 20.6. The molecule has 0 aliphatic carbocycles. The van der Waals surface area contributed by atoms with Gasteiger partial charge in [0, 0.05) is 25.2 Å². The number of benzene rings is 1. The minimum atomic E-state index is -2.94. The molecule has 1 aliphatic rings. The van der Waals surface area contributed by atoms with E-state index in [9.17, 15) is 8.42 Å². The highest BCUT2D eigenvalue weighted by molar-refractivity contribution is 7.91. The van der Waals surface area contributed by atoms with Crippen LogP contribution >= 0.6 is 12.2 Å². The summed E-state index contributed by atoms with van der Waals surface area (Å²) in [4.78, 5) is 2.23. The third-order valence-electron chi connectivity index (χ3n) is 5.69. The van der Waals surface area contributed by atoms with E-state index in [0.717, 1.165) is 17.9 Å². The van der Waals surface area contributed by atoms with Gasteiger partial charge in [-0.25, -0.2) is 13.1 Å². The van der Waals surface area contributed by atoms with Crippen LogP contribution in [0.5, 0.6) is 0 Å². The number of rotatable bonds is 6. The standard InChI is InChI=1S/C22H34N4O2S2/c1-16(2)13-25(19-11-12-30(27,28)14-19)15-26-21(29)24(6)20(23-26)17-7-9-18(10-8-17)22(3,4)5/h7-10,16,19H,11-15H2,1-6H3. The zero-order chi connectivity index (χ0) is 22.3. The van der Waals surface area contributed by atoms with Crippen LogP contribution in [-0.2, 0) is 29.0 Å². The quantitative estimate of drug-likeness (QED) is 0.622. The van der Waals surface area contributed by atoms with Crippen LogP contribution in [0.2, 0.25) is 0 Å². The normalized spacial score (nSPS) is 19.1. The number of hydrogen-bond donors (Lipinski definition) is 0. The van der Waals surface area contributed by atoms with Gasteiger partial charge in [-0.2, -0.15) is 5.10 Å². The molecule has 1 atom stereocenters. The molecule has 0 radical (unpaired) electrons. The summed E-state index contributed by atoms with van der Waals surface area (Å²) in [5.41, 5.74) is 2.40. The monoisotopic (exact) mass is 450 g/mol. The highest BCUT2D eigenvalue weighted by Crippen LogP contribution is 2.26. The van der Waals surface area contributed by atoms with Crippen LogP contribution < -0.4 is 0 Å². The van der Waals surface area contributed by atoms with E-state index in [1.165, 1.54) is 5.56 Å². The van der Waals surface area contributed by atoms with E-state index in [1.54, 1.807) is 0 Å². The van der Waals surface area contributed by atoms with Crippen LogP contribution in [0.15, 0.2) is 24.3 Å². The smallest absolute Gasteiger partial charge is 0.199 e. The molecule has 8 heteroatoms. The zero-order valence-electron chi connectivity index (χ0n) is 18.9. The Kier molecular flexibility index (Phi) is 6.60. The molecule has 3 rings (SSSR count). The highest BCUT2D eigenvalue weighted by atomic mass is 32.2. The first-order valence-corrected chi connectivity index (χ1v) is 12.8. The summed E-state index contributed by atoms with van der Waals surface area (Å²) in [5, 5.41) is 4.81. The maximum absolute atomic E-state index is 12.0. The van der Waals surface area contributed by atoms with Crippen molar-refractivity contribution in [3.63, 3.8) is 0 Å². The van der Waals surface area contributed by atoms with Crippen LogP contribution in [0.1, 0.15) is 46.6 Å². The molecule has 0 N–H and O–H groups in total. The largest absolute Gasteiger partial charge is 0.303 e. The summed E-state index contributed by atoms with van der Waals surface area (Å²) in [5.74, 6) is 1.74. The Morgan fingerprint density at radius 1 is 1.23 bits per heavy atom. The van der Waals surface area contributed by atoms with Crippen molar-refractivity contribution >= 4 is 22.1 Å². The second kappa shape index (κ2) is 8.55. The van der Waals surface area contributed by atoms with E-state index in [0.29, 0.717) is 23.8 Å². The van der Waals surface area contributed by atoms with E-state index in [1.807, 2.05) is 16.3 Å². The highest BCUT2D eigenvalue weighted by Gasteiger charge is 2.33. The number of nitrogens with zero attached hydrogens (tertiary/aromatic N) is 4. The summed E-state index contributed by atoms with van der Waals surface area (Å²) in [6, 6.07) is 8.50. The molecule has 1 aromatic heterocycles. The number of sulfone groups is 1. The second-order valence-corrected chi connectivity index (χ2v) is 12.4. The van der Waals surface area contributed by atoms with Crippen molar-refractivity contribution < 1.29 is 8.42 Å². The molecule has 0 amide bonds. The molecule has 0 saturated carbocycles. The van der Waals surface area contributed by atoms with Gasteiger partial charge in [0.25, 0.3) is 0 Å². The third-order valence-corrected chi connectivity index (χ3v) is 7.93. The minimum Gasteiger partial charge on any atom is -0.303 e. The van der Waals surface area contributed by atoms with Crippen molar-refractivity contribution in [3.8, 4) is 11.4 Å². The fourth-order valence-electron chi connectivity index (χ4n) is 3.98. The molecule has 166 valence electrons. The summed E-state index contributed by atoms with van der Waals surface area (Å²) in [7, 11) is -1.01. The van der Waals surface area contributed by atoms with Gasteiger partial charge in [0.15, 0.2) is 20.4 Å². The fraction of sp³-hybridized carbons (Fsp3) is 0.636. The summed E-state index contributed by atoms with van der Waals surface area (Å²) >= 11 is 5.67. The van der Waals surface area contributed by atoms with Crippen molar-refractivity contribution in [3.05, 3.63) is 34.6 Å². The Balaban J connectivity index is 1.88. The average Bonchev–Trinajstić information content (AvgIpc) is 3.14. The lowest BCUT2D eigenvalue weighted by molar-refractivity contribution is 0.137. The van der Waals surface area contributed by atoms with E-state index in [-0.39, 0.29) is 23.0 Å². The van der Waals surface area contributed by atoms with Gasteiger partial charge in [0.1, 0.15) is 0 Å². The molecular weight excluding hydrogens is 416 g/mol. The molecule has 6 nitrogen and oxygen atoms in total. The Hall–Kier alpha value is -1.51. The second-order valence-electron chi connectivity index (χ2n) is 9.86. The number of aromatic nitrogens is 3. The first-order valence-electron chi connectivity index (χ1n) is 10.6. The van der Waals surface area contributed by atoms with Gasteiger partial charge in [-0.3, -0.25) is 4.90 Å². The van der Waals surface area contributed by atoms with Crippen molar-refractivity contribution in [2.45, 2.75) is 59.2 Å². The molecule has 0 spiro atoms. The van der Waals surface area contributed by atoms with Crippen molar-refractivity contribution in [2.75, 3.05) is 18.1 Å². The molecular formula is C22H34N4O2S2. The molecule has 1 aromatic carbocycles. The van der Waals surface area contributed by atoms with Crippen LogP contribution in [0.4, 0.5) is 0 Å². The lowest BCUT2D eigenvalue weighted by atomic mass is 9.87. The van der Waals surface area contributed by atoms with Crippen LogP contribution in [-0.4, -0.2) is 51.8 Å². The molecule has 1 fully saturated rings. The molecule has 2 aromatic rings. The van der Waals surface area contributed by atoms with E-state index >= 15 is 0 Å². The summed E-state index contributed by atoms with van der Waals surface area (Å²) in [6.45, 7) is 12.2. The molecule has 1 aliphatic heterocycles. The van der Waals surface area contributed by atoms with Crippen molar-refractivity contribution in [1.82, 2.24) is 19.2 Å². The van der Waals surface area contributed by atoms with Crippen LogP contribution in [0.25, 0.3) is 11.4 Å². The molecule has 1 saturated heterocycles. The van der Waals surface area contributed by atoms with Crippen molar-refractivity contribution in [1.29, 1.82) is 0 Å². The van der Waals surface area contributed by atoms with E-state index in [2.05, 4.69) is 63.8 Å². The summed E-state index contributed by atoms with van der Waals surface area (Å²) in [6.07, 6.45) is 0.677. The predicted molar refractivity (Wildman–Crippen MR) is 125 cm³/mol. The van der Waals surface area contributed by atoms with Gasteiger partial charge in [-0.15, -0.1) is 0 Å². The van der Waals surface area contributed by atoms with Gasteiger partial charge < -0.3 is 4.57 Å².